The lowest BCUT2D eigenvalue weighted by molar-refractivity contribution is -0.112. The summed E-state index contributed by atoms with van der Waals surface area (Å²) in [5.41, 5.74) is 3.38. The highest BCUT2D eigenvalue weighted by Crippen LogP contribution is 2.39. The maximum atomic E-state index is 12.9. The first-order chi connectivity index (χ1) is 16.6. The summed E-state index contributed by atoms with van der Waals surface area (Å²) in [5.74, 6) is -2.76. The van der Waals surface area contributed by atoms with Gasteiger partial charge in [0.2, 0.25) is 0 Å². The summed E-state index contributed by atoms with van der Waals surface area (Å²) in [5, 5.41) is 9.59. The number of amides is 1. The number of anilines is 1. The molecule has 1 saturated heterocycles. The SMILES string of the molecule is O=C(Nc1ccccc1C1CN2C(CN3CCNCC3)=CSC2=N1)C1=CCCC(SC(F)F)=C1. The number of rotatable bonds is 7. The molecule has 1 amide bonds. The largest absolute Gasteiger partial charge is 0.322 e. The van der Waals surface area contributed by atoms with Gasteiger partial charge in [0.1, 0.15) is 0 Å². The minimum atomic E-state index is -2.48. The monoisotopic (exact) mass is 503 g/mol. The molecule has 1 aromatic rings. The lowest BCUT2D eigenvalue weighted by Gasteiger charge is -2.29. The Morgan fingerprint density at radius 3 is 2.94 bits per heavy atom. The standard InChI is InChI=1S/C24H27F2N5OS2/c25-23(26)34-18-5-3-4-16(12-18)22(32)28-20-7-2-1-6-19(20)21-14-31-17(15-33-24(31)29-21)13-30-10-8-27-9-11-30/h1-2,4,6-7,12,15,21,23,27H,3,5,8-11,13-14H2,(H,28,32). The second kappa shape index (κ2) is 10.6. The fourth-order valence-electron chi connectivity index (χ4n) is 4.54. The van der Waals surface area contributed by atoms with Crippen LogP contribution >= 0.6 is 23.5 Å². The van der Waals surface area contributed by atoms with E-state index in [2.05, 4.69) is 25.8 Å². The van der Waals surface area contributed by atoms with Crippen LogP contribution in [-0.2, 0) is 4.79 Å². The van der Waals surface area contributed by atoms with Gasteiger partial charge in [-0.1, -0.05) is 47.8 Å². The van der Waals surface area contributed by atoms with Gasteiger partial charge in [-0.05, 0) is 35.3 Å². The molecule has 3 aliphatic heterocycles. The van der Waals surface area contributed by atoms with Gasteiger partial charge in [0.05, 0.1) is 12.6 Å². The molecule has 1 unspecified atom stereocenters. The van der Waals surface area contributed by atoms with E-state index in [1.54, 1.807) is 17.8 Å². The lowest BCUT2D eigenvalue weighted by atomic mass is 10.0. The molecule has 10 heteroatoms. The number of hydrogen-bond donors (Lipinski definition) is 2. The van der Waals surface area contributed by atoms with E-state index < -0.39 is 5.76 Å². The molecule has 6 nitrogen and oxygen atoms in total. The molecule has 5 rings (SSSR count). The third kappa shape index (κ3) is 5.40. The Morgan fingerprint density at radius 2 is 2.12 bits per heavy atom. The molecular formula is C24H27F2N5OS2. The van der Waals surface area contributed by atoms with E-state index in [4.69, 9.17) is 4.99 Å². The molecule has 180 valence electrons. The summed E-state index contributed by atoms with van der Waals surface area (Å²) >= 11 is 2.18. The Kier molecular flexibility index (Phi) is 7.38. The van der Waals surface area contributed by atoms with Crippen molar-refractivity contribution in [3.8, 4) is 0 Å². The highest BCUT2D eigenvalue weighted by Gasteiger charge is 2.34. The van der Waals surface area contributed by atoms with E-state index in [1.165, 1.54) is 5.70 Å². The number of nitrogens with one attached hydrogen (secondary N) is 2. The van der Waals surface area contributed by atoms with Crippen LogP contribution in [0.3, 0.4) is 0 Å². The Hall–Kier alpha value is -2.14. The lowest BCUT2D eigenvalue weighted by Crippen LogP contribution is -2.45. The van der Waals surface area contributed by atoms with Gasteiger partial charge in [0, 0.05) is 55.2 Å². The van der Waals surface area contributed by atoms with Gasteiger partial charge in [-0.15, -0.1) is 0 Å². The summed E-state index contributed by atoms with van der Waals surface area (Å²) in [6.07, 6.45) is 4.51. The van der Waals surface area contributed by atoms with Crippen molar-refractivity contribution in [1.82, 2.24) is 15.1 Å². The Balaban J connectivity index is 1.26. The van der Waals surface area contributed by atoms with Crippen molar-refractivity contribution in [3.63, 3.8) is 0 Å². The van der Waals surface area contributed by atoms with Crippen LogP contribution < -0.4 is 10.6 Å². The first-order valence-electron chi connectivity index (χ1n) is 11.5. The quantitative estimate of drug-likeness (QED) is 0.576. The molecule has 1 fully saturated rings. The average molecular weight is 504 g/mol. The predicted octanol–water partition coefficient (Wildman–Crippen LogP) is 4.39. The van der Waals surface area contributed by atoms with Crippen molar-refractivity contribution in [2.24, 2.45) is 4.99 Å². The fourth-order valence-corrected chi connectivity index (χ4v) is 6.15. The fraction of sp³-hybridized carbons (Fsp3) is 0.417. The van der Waals surface area contributed by atoms with Crippen LogP contribution in [0.1, 0.15) is 24.4 Å². The summed E-state index contributed by atoms with van der Waals surface area (Å²) in [6.45, 7) is 5.78. The molecule has 0 saturated carbocycles. The number of hydrogen-bond acceptors (Lipinski definition) is 7. The molecule has 1 aliphatic carbocycles. The van der Waals surface area contributed by atoms with Crippen LogP contribution in [0.15, 0.2) is 63.0 Å². The molecule has 0 bridgehead atoms. The summed E-state index contributed by atoms with van der Waals surface area (Å²) in [7, 11) is 0. The maximum Gasteiger partial charge on any atom is 0.288 e. The van der Waals surface area contributed by atoms with Crippen LogP contribution in [0.5, 0.6) is 0 Å². The van der Waals surface area contributed by atoms with E-state index in [-0.39, 0.29) is 11.9 Å². The highest BCUT2D eigenvalue weighted by atomic mass is 32.2. The zero-order chi connectivity index (χ0) is 23.5. The molecule has 0 spiro atoms. The molecule has 0 radical (unpaired) electrons. The second-order valence-electron chi connectivity index (χ2n) is 8.52. The number of alkyl halides is 2. The zero-order valence-electron chi connectivity index (χ0n) is 18.7. The average Bonchev–Trinajstić information content (AvgIpc) is 3.42. The summed E-state index contributed by atoms with van der Waals surface area (Å²) in [4.78, 5) is 23.2. The van der Waals surface area contributed by atoms with E-state index >= 15 is 0 Å². The van der Waals surface area contributed by atoms with Crippen molar-refractivity contribution >= 4 is 40.3 Å². The number of nitrogens with zero attached hydrogens (tertiary/aromatic N) is 3. The minimum absolute atomic E-state index is 0.0773. The molecule has 4 aliphatic rings. The van der Waals surface area contributed by atoms with Gasteiger partial charge in [-0.2, -0.15) is 8.78 Å². The van der Waals surface area contributed by atoms with Crippen LogP contribution in [0, 0.1) is 0 Å². The van der Waals surface area contributed by atoms with Crippen LogP contribution in [0.2, 0.25) is 0 Å². The zero-order valence-corrected chi connectivity index (χ0v) is 20.3. The Labute approximate surface area is 206 Å². The van der Waals surface area contributed by atoms with Crippen molar-refractivity contribution in [3.05, 3.63) is 63.6 Å². The highest BCUT2D eigenvalue weighted by molar-refractivity contribution is 8.16. The second-order valence-corrected chi connectivity index (χ2v) is 10.5. The first kappa shape index (κ1) is 23.6. The Morgan fingerprint density at radius 1 is 1.29 bits per heavy atom. The van der Waals surface area contributed by atoms with E-state index in [0.717, 1.165) is 50.0 Å². The number of para-hydroxylation sites is 1. The van der Waals surface area contributed by atoms with Gasteiger partial charge < -0.3 is 15.5 Å². The number of benzene rings is 1. The van der Waals surface area contributed by atoms with Gasteiger partial charge in [-0.25, -0.2) is 0 Å². The number of aliphatic imine (C=N–C) groups is 1. The number of carbonyl (C=O) groups is 1. The van der Waals surface area contributed by atoms with E-state index in [1.807, 2.05) is 30.3 Å². The molecule has 34 heavy (non-hydrogen) atoms. The number of piperazine rings is 1. The maximum absolute atomic E-state index is 12.9. The predicted molar refractivity (Wildman–Crippen MR) is 136 cm³/mol. The topological polar surface area (TPSA) is 60.0 Å². The van der Waals surface area contributed by atoms with Crippen molar-refractivity contribution < 1.29 is 13.6 Å². The molecule has 2 N–H and O–H groups in total. The molecule has 0 aromatic heterocycles. The first-order valence-corrected chi connectivity index (χ1v) is 13.2. The van der Waals surface area contributed by atoms with Crippen molar-refractivity contribution in [2.45, 2.75) is 24.6 Å². The minimum Gasteiger partial charge on any atom is -0.322 e. The number of carbonyl (C=O) groups excluding carboxylic acids is 1. The number of amidine groups is 1. The van der Waals surface area contributed by atoms with Crippen LogP contribution in [0.4, 0.5) is 14.5 Å². The van der Waals surface area contributed by atoms with Crippen molar-refractivity contribution in [1.29, 1.82) is 0 Å². The number of allylic oxidation sites excluding steroid dienone is 2. The summed E-state index contributed by atoms with van der Waals surface area (Å²) < 4.78 is 25.5. The number of fused-ring (bicyclic) bond motifs is 1. The third-order valence-corrected chi connectivity index (χ3v) is 7.97. The molecule has 3 heterocycles. The normalized spacial score (nSPS) is 22.8. The van der Waals surface area contributed by atoms with Gasteiger partial charge in [0.15, 0.2) is 5.17 Å². The smallest absolute Gasteiger partial charge is 0.288 e. The number of halogens is 2. The molecule has 1 aromatic carbocycles. The molecule has 1 atom stereocenters. The van der Waals surface area contributed by atoms with Crippen LogP contribution in [0.25, 0.3) is 0 Å². The van der Waals surface area contributed by atoms with Gasteiger partial charge in [-0.3, -0.25) is 14.7 Å². The Bertz CT molecular complexity index is 1070. The summed E-state index contributed by atoms with van der Waals surface area (Å²) in [6, 6.07) is 7.64. The third-order valence-electron chi connectivity index (χ3n) is 6.24. The van der Waals surface area contributed by atoms with Gasteiger partial charge >= 0.3 is 0 Å². The molecular weight excluding hydrogens is 476 g/mol. The van der Waals surface area contributed by atoms with Crippen molar-refractivity contribution in [2.75, 3.05) is 44.6 Å². The van der Waals surface area contributed by atoms with Gasteiger partial charge in [0.25, 0.3) is 11.7 Å². The van der Waals surface area contributed by atoms with Crippen LogP contribution in [-0.4, -0.2) is 65.9 Å². The number of thioether (sulfide) groups is 2. The van der Waals surface area contributed by atoms with E-state index in [9.17, 15) is 13.6 Å². The van der Waals surface area contributed by atoms with E-state index in [0.29, 0.717) is 40.8 Å².